The maximum atomic E-state index is 11.9. The van der Waals surface area contributed by atoms with Crippen LogP contribution >= 0.6 is 0 Å². The number of hydrogen-bond acceptors (Lipinski definition) is 5. The van der Waals surface area contributed by atoms with Crippen LogP contribution in [0.5, 0.6) is 0 Å². The minimum absolute atomic E-state index is 0.0260. The molecule has 0 saturated carbocycles. The molecule has 2 amide bonds. The Labute approximate surface area is 142 Å². The Bertz CT molecular complexity index is 541. The highest BCUT2D eigenvalue weighted by molar-refractivity contribution is 5.89. The Hall–Kier alpha value is -2.25. The maximum Gasteiger partial charge on any atom is 0.234 e. The van der Waals surface area contributed by atoms with Gasteiger partial charge < -0.3 is 15.5 Å². The fourth-order valence-electron chi connectivity index (χ4n) is 2.52. The van der Waals surface area contributed by atoms with Crippen molar-refractivity contribution in [1.82, 2.24) is 20.1 Å². The molecular weight excluding hydrogens is 306 g/mol. The van der Waals surface area contributed by atoms with E-state index in [1.165, 1.54) is 0 Å². The van der Waals surface area contributed by atoms with Crippen LogP contribution in [0.3, 0.4) is 0 Å². The van der Waals surface area contributed by atoms with E-state index in [4.69, 9.17) is 0 Å². The standard InChI is InChI=1S/C17H25N5O2/c1-2-7-19-17(24)14-22-12-10-21(11-13-22)9-6-16(23)20-15-5-3-4-8-18-15/h2-5,8H,1,6-7,9-14H2,(H,19,24)(H,18,20,23). The molecule has 1 aliphatic rings. The molecule has 0 aromatic carbocycles. The van der Waals surface area contributed by atoms with Crippen molar-refractivity contribution in [2.24, 2.45) is 0 Å². The van der Waals surface area contributed by atoms with Gasteiger partial charge >= 0.3 is 0 Å². The van der Waals surface area contributed by atoms with E-state index in [2.05, 4.69) is 32.0 Å². The quantitative estimate of drug-likeness (QED) is 0.671. The highest BCUT2D eigenvalue weighted by Gasteiger charge is 2.19. The Morgan fingerprint density at radius 1 is 1.17 bits per heavy atom. The second-order valence-corrected chi connectivity index (χ2v) is 5.72. The minimum atomic E-state index is -0.0278. The van der Waals surface area contributed by atoms with Gasteiger partial charge in [0.1, 0.15) is 5.82 Å². The molecule has 0 bridgehead atoms. The van der Waals surface area contributed by atoms with Crippen molar-refractivity contribution in [1.29, 1.82) is 0 Å². The van der Waals surface area contributed by atoms with E-state index in [9.17, 15) is 9.59 Å². The summed E-state index contributed by atoms with van der Waals surface area (Å²) in [5.41, 5.74) is 0. The summed E-state index contributed by atoms with van der Waals surface area (Å²) < 4.78 is 0. The van der Waals surface area contributed by atoms with Crippen LogP contribution in [0.25, 0.3) is 0 Å². The number of amides is 2. The molecule has 0 aliphatic carbocycles. The molecular formula is C17H25N5O2. The molecule has 1 saturated heterocycles. The van der Waals surface area contributed by atoms with E-state index in [1.807, 2.05) is 12.1 Å². The minimum Gasteiger partial charge on any atom is -0.352 e. The summed E-state index contributed by atoms with van der Waals surface area (Å²) in [4.78, 5) is 32.0. The molecule has 7 nitrogen and oxygen atoms in total. The number of rotatable bonds is 8. The van der Waals surface area contributed by atoms with Crippen molar-refractivity contribution >= 4 is 17.6 Å². The summed E-state index contributed by atoms with van der Waals surface area (Å²) in [6, 6.07) is 5.42. The SMILES string of the molecule is C=CCNC(=O)CN1CCN(CCC(=O)Nc2ccccn2)CC1. The summed E-state index contributed by atoms with van der Waals surface area (Å²) in [6.07, 6.45) is 3.77. The van der Waals surface area contributed by atoms with E-state index in [-0.39, 0.29) is 11.8 Å². The molecule has 1 fully saturated rings. The summed E-state index contributed by atoms with van der Waals surface area (Å²) in [7, 11) is 0. The number of nitrogens with zero attached hydrogens (tertiary/aromatic N) is 3. The molecule has 2 N–H and O–H groups in total. The van der Waals surface area contributed by atoms with Crippen LogP contribution in [0.15, 0.2) is 37.1 Å². The second-order valence-electron chi connectivity index (χ2n) is 5.72. The van der Waals surface area contributed by atoms with Gasteiger partial charge in [0.05, 0.1) is 6.54 Å². The fourth-order valence-corrected chi connectivity index (χ4v) is 2.52. The number of carbonyl (C=O) groups excluding carboxylic acids is 2. The number of carbonyl (C=O) groups is 2. The van der Waals surface area contributed by atoms with Crippen LogP contribution in [0, 0.1) is 0 Å². The lowest BCUT2D eigenvalue weighted by molar-refractivity contribution is -0.122. The fraction of sp³-hybridized carbons (Fsp3) is 0.471. The van der Waals surface area contributed by atoms with Crippen LogP contribution in [0.2, 0.25) is 0 Å². The van der Waals surface area contributed by atoms with E-state index < -0.39 is 0 Å². The molecule has 7 heteroatoms. The smallest absolute Gasteiger partial charge is 0.234 e. The first-order chi connectivity index (χ1) is 11.7. The van der Waals surface area contributed by atoms with Crippen LogP contribution in [0.4, 0.5) is 5.82 Å². The zero-order valence-electron chi connectivity index (χ0n) is 13.9. The first kappa shape index (κ1) is 18.1. The number of hydrogen-bond donors (Lipinski definition) is 2. The zero-order chi connectivity index (χ0) is 17.2. The lowest BCUT2D eigenvalue weighted by atomic mass is 10.2. The molecule has 2 heterocycles. The molecule has 130 valence electrons. The van der Waals surface area contributed by atoms with E-state index in [1.54, 1.807) is 18.3 Å². The third-order valence-corrected chi connectivity index (χ3v) is 3.86. The van der Waals surface area contributed by atoms with Crippen molar-refractivity contribution < 1.29 is 9.59 Å². The van der Waals surface area contributed by atoms with Gasteiger partial charge in [-0.2, -0.15) is 0 Å². The molecule has 0 unspecified atom stereocenters. The Kier molecular flexibility index (Phi) is 7.38. The van der Waals surface area contributed by atoms with Crippen molar-refractivity contribution in [3.8, 4) is 0 Å². The largest absolute Gasteiger partial charge is 0.352 e. The Balaban J connectivity index is 1.61. The summed E-state index contributed by atoms with van der Waals surface area (Å²) >= 11 is 0. The zero-order valence-corrected chi connectivity index (χ0v) is 13.9. The van der Waals surface area contributed by atoms with Crippen molar-refractivity contribution in [2.75, 3.05) is 51.1 Å². The molecule has 2 rings (SSSR count). The van der Waals surface area contributed by atoms with Crippen LogP contribution in [-0.2, 0) is 9.59 Å². The highest BCUT2D eigenvalue weighted by atomic mass is 16.2. The number of piperazine rings is 1. The predicted octanol–water partition coefficient (Wildman–Crippen LogP) is 0.330. The summed E-state index contributed by atoms with van der Waals surface area (Å²) in [5, 5.41) is 5.57. The topological polar surface area (TPSA) is 77.6 Å². The number of aromatic nitrogens is 1. The summed E-state index contributed by atoms with van der Waals surface area (Å²) in [6.45, 7) is 8.63. The number of pyridine rings is 1. The Morgan fingerprint density at radius 2 is 1.92 bits per heavy atom. The third-order valence-electron chi connectivity index (χ3n) is 3.86. The molecule has 24 heavy (non-hydrogen) atoms. The van der Waals surface area contributed by atoms with Gasteiger partial charge in [-0.3, -0.25) is 14.5 Å². The van der Waals surface area contributed by atoms with E-state index in [0.717, 1.165) is 32.7 Å². The lowest BCUT2D eigenvalue weighted by Crippen LogP contribution is -2.49. The van der Waals surface area contributed by atoms with Crippen LogP contribution in [0.1, 0.15) is 6.42 Å². The van der Waals surface area contributed by atoms with Gasteiger partial charge in [-0.15, -0.1) is 6.58 Å². The van der Waals surface area contributed by atoms with Crippen molar-refractivity contribution in [3.63, 3.8) is 0 Å². The molecule has 0 radical (unpaired) electrons. The van der Waals surface area contributed by atoms with Gasteiger partial charge in [-0.05, 0) is 12.1 Å². The van der Waals surface area contributed by atoms with Crippen LogP contribution in [-0.4, -0.2) is 72.4 Å². The molecule has 0 atom stereocenters. The van der Waals surface area contributed by atoms with Gasteiger partial charge in [0.2, 0.25) is 11.8 Å². The van der Waals surface area contributed by atoms with Gasteiger partial charge in [0.15, 0.2) is 0 Å². The first-order valence-electron chi connectivity index (χ1n) is 8.20. The molecule has 1 aliphatic heterocycles. The van der Waals surface area contributed by atoms with Crippen molar-refractivity contribution in [2.45, 2.75) is 6.42 Å². The monoisotopic (exact) mass is 331 g/mol. The van der Waals surface area contributed by atoms with Gasteiger partial charge in [-0.25, -0.2) is 4.98 Å². The predicted molar refractivity (Wildman–Crippen MR) is 93.6 cm³/mol. The first-order valence-corrected chi connectivity index (χ1v) is 8.20. The number of anilines is 1. The second kappa shape index (κ2) is 9.79. The Morgan fingerprint density at radius 3 is 2.58 bits per heavy atom. The molecule has 1 aromatic rings. The highest BCUT2D eigenvalue weighted by Crippen LogP contribution is 2.04. The van der Waals surface area contributed by atoms with Crippen LogP contribution < -0.4 is 10.6 Å². The molecule has 1 aromatic heterocycles. The van der Waals surface area contributed by atoms with E-state index >= 15 is 0 Å². The van der Waals surface area contributed by atoms with E-state index in [0.29, 0.717) is 25.3 Å². The normalized spacial score (nSPS) is 15.7. The average Bonchev–Trinajstić information content (AvgIpc) is 2.60. The van der Waals surface area contributed by atoms with Crippen molar-refractivity contribution in [3.05, 3.63) is 37.1 Å². The lowest BCUT2D eigenvalue weighted by Gasteiger charge is -2.34. The number of nitrogens with one attached hydrogen (secondary N) is 2. The maximum absolute atomic E-state index is 11.9. The average molecular weight is 331 g/mol. The third kappa shape index (κ3) is 6.47. The molecule has 0 spiro atoms. The van der Waals surface area contributed by atoms with Gasteiger partial charge in [0, 0.05) is 51.9 Å². The van der Waals surface area contributed by atoms with Gasteiger partial charge in [-0.1, -0.05) is 12.1 Å². The summed E-state index contributed by atoms with van der Waals surface area (Å²) in [5.74, 6) is 0.580. The van der Waals surface area contributed by atoms with Gasteiger partial charge in [0.25, 0.3) is 0 Å².